The van der Waals surface area contributed by atoms with Gasteiger partial charge in [-0.15, -0.1) is 0 Å². The van der Waals surface area contributed by atoms with Crippen LogP contribution in [0.2, 0.25) is 0 Å². The highest BCUT2D eigenvalue weighted by Gasteiger charge is 2.37. The molecule has 1 saturated carbocycles. The average Bonchev–Trinajstić information content (AvgIpc) is 2.48. The summed E-state index contributed by atoms with van der Waals surface area (Å²) in [5.41, 5.74) is 1.69. The molecule has 2 fully saturated rings. The van der Waals surface area contributed by atoms with Crippen molar-refractivity contribution >= 4 is 5.91 Å². The van der Waals surface area contributed by atoms with Crippen LogP contribution in [0, 0.1) is 6.92 Å². The van der Waals surface area contributed by atoms with E-state index >= 15 is 0 Å². The van der Waals surface area contributed by atoms with Crippen LogP contribution in [-0.4, -0.2) is 29.0 Å². The lowest BCUT2D eigenvalue weighted by atomic mass is 9.75. The number of piperidine rings is 1. The minimum atomic E-state index is -0.0310. The van der Waals surface area contributed by atoms with E-state index in [1.807, 2.05) is 19.1 Å². The summed E-state index contributed by atoms with van der Waals surface area (Å²) >= 11 is 0. The van der Waals surface area contributed by atoms with Gasteiger partial charge in [0.2, 0.25) is 0 Å². The number of hydrogen-bond donors (Lipinski definition) is 2. The normalized spacial score (nSPS) is 24.7. The molecule has 1 atom stereocenters. The monoisotopic (exact) mass is 287 g/mol. The first-order valence-electron chi connectivity index (χ1n) is 8.16. The third kappa shape index (κ3) is 3.43. The molecule has 4 heteroatoms. The summed E-state index contributed by atoms with van der Waals surface area (Å²) in [4.78, 5) is 16.7. The van der Waals surface area contributed by atoms with Crippen LogP contribution in [0.1, 0.15) is 61.1 Å². The second-order valence-electron chi connectivity index (χ2n) is 6.60. The minimum Gasteiger partial charge on any atom is -0.348 e. The number of aromatic nitrogens is 1. The van der Waals surface area contributed by atoms with E-state index < -0.39 is 0 Å². The molecule has 1 aromatic heterocycles. The molecule has 2 N–H and O–H groups in total. The number of hydrogen-bond acceptors (Lipinski definition) is 3. The van der Waals surface area contributed by atoms with E-state index in [4.69, 9.17) is 0 Å². The van der Waals surface area contributed by atoms with Crippen LogP contribution >= 0.6 is 0 Å². The highest BCUT2D eigenvalue weighted by atomic mass is 16.1. The van der Waals surface area contributed by atoms with E-state index in [-0.39, 0.29) is 17.5 Å². The lowest BCUT2D eigenvalue weighted by molar-refractivity contribution is 0.0887. The molecule has 1 aromatic rings. The standard InChI is InChI=1S/C17H25N3O/c1-13-6-5-7-15(19-13)16(21)20-14-8-11-18-17(12-14)9-3-2-4-10-17/h5-7,14,18H,2-4,8-12H2,1H3,(H,20,21). The number of carbonyl (C=O) groups excluding carboxylic acids is 1. The van der Waals surface area contributed by atoms with Crippen LogP contribution < -0.4 is 10.6 Å². The number of pyridine rings is 1. The van der Waals surface area contributed by atoms with Crippen molar-refractivity contribution in [3.05, 3.63) is 29.6 Å². The fourth-order valence-electron chi connectivity index (χ4n) is 3.82. The Morgan fingerprint density at radius 3 is 2.90 bits per heavy atom. The highest BCUT2D eigenvalue weighted by molar-refractivity contribution is 5.92. The average molecular weight is 287 g/mol. The molecule has 1 aliphatic heterocycles. The number of aryl methyl sites for hydroxylation is 1. The molecule has 21 heavy (non-hydrogen) atoms. The van der Waals surface area contributed by atoms with E-state index in [1.54, 1.807) is 6.07 Å². The Hall–Kier alpha value is -1.42. The number of nitrogens with one attached hydrogen (secondary N) is 2. The SMILES string of the molecule is Cc1cccc(C(=O)NC2CCNC3(CCCCC3)C2)n1. The maximum Gasteiger partial charge on any atom is 0.270 e. The smallest absolute Gasteiger partial charge is 0.270 e. The van der Waals surface area contributed by atoms with Crippen LogP contribution in [-0.2, 0) is 0 Å². The molecule has 1 saturated heterocycles. The fourth-order valence-corrected chi connectivity index (χ4v) is 3.82. The third-order valence-electron chi connectivity index (χ3n) is 4.90. The van der Waals surface area contributed by atoms with Gasteiger partial charge in [-0.25, -0.2) is 4.98 Å². The summed E-state index contributed by atoms with van der Waals surface area (Å²) in [5, 5.41) is 6.91. The molecule has 114 valence electrons. The van der Waals surface area contributed by atoms with Crippen molar-refractivity contribution in [2.75, 3.05) is 6.54 Å². The van der Waals surface area contributed by atoms with Gasteiger partial charge in [0.15, 0.2) is 0 Å². The molecular formula is C17H25N3O. The number of rotatable bonds is 2. The van der Waals surface area contributed by atoms with Gasteiger partial charge >= 0.3 is 0 Å². The zero-order valence-corrected chi connectivity index (χ0v) is 12.8. The quantitative estimate of drug-likeness (QED) is 0.879. The molecule has 2 heterocycles. The van der Waals surface area contributed by atoms with Crippen molar-refractivity contribution in [1.29, 1.82) is 0 Å². The number of amides is 1. The molecule has 0 radical (unpaired) electrons. The van der Waals surface area contributed by atoms with Gasteiger partial charge < -0.3 is 10.6 Å². The summed E-state index contributed by atoms with van der Waals surface area (Å²) in [6.45, 7) is 2.92. The highest BCUT2D eigenvalue weighted by Crippen LogP contribution is 2.34. The Labute approximate surface area is 126 Å². The minimum absolute atomic E-state index is 0.0310. The Kier molecular flexibility index (Phi) is 4.24. The first-order valence-corrected chi connectivity index (χ1v) is 8.16. The number of carbonyl (C=O) groups is 1. The molecule has 1 amide bonds. The molecule has 2 aliphatic rings. The number of nitrogens with zero attached hydrogens (tertiary/aromatic N) is 1. The van der Waals surface area contributed by atoms with Gasteiger partial charge in [-0.05, 0) is 51.3 Å². The molecule has 1 unspecified atom stereocenters. The van der Waals surface area contributed by atoms with Crippen molar-refractivity contribution in [1.82, 2.24) is 15.6 Å². The van der Waals surface area contributed by atoms with Gasteiger partial charge in [-0.3, -0.25) is 4.79 Å². The summed E-state index contributed by atoms with van der Waals surface area (Å²) < 4.78 is 0. The van der Waals surface area contributed by atoms with Crippen molar-refractivity contribution < 1.29 is 4.79 Å². The molecule has 0 bridgehead atoms. The maximum absolute atomic E-state index is 12.3. The Morgan fingerprint density at radius 2 is 2.14 bits per heavy atom. The topological polar surface area (TPSA) is 54.0 Å². The van der Waals surface area contributed by atoms with E-state index in [1.165, 1.54) is 32.1 Å². The zero-order valence-electron chi connectivity index (χ0n) is 12.8. The second kappa shape index (κ2) is 6.14. The van der Waals surface area contributed by atoms with Gasteiger partial charge in [0.05, 0.1) is 0 Å². The second-order valence-corrected chi connectivity index (χ2v) is 6.60. The van der Waals surface area contributed by atoms with Crippen LogP contribution in [0.25, 0.3) is 0 Å². The van der Waals surface area contributed by atoms with Gasteiger partial charge in [0.1, 0.15) is 5.69 Å². The largest absolute Gasteiger partial charge is 0.348 e. The molecule has 0 aromatic carbocycles. The zero-order chi connectivity index (χ0) is 14.7. The van der Waals surface area contributed by atoms with Gasteiger partial charge in [0.25, 0.3) is 5.91 Å². The summed E-state index contributed by atoms with van der Waals surface area (Å²) in [5.74, 6) is -0.0310. The Bertz CT molecular complexity index is 503. The van der Waals surface area contributed by atoms with Gasteiger partial charge in [-0.2, -0.15) is 0 Å². The molecular weight excluding hydrogens is 262 g/mol. The van der Waals surface area contributed by atoms with Crippen molar-refractivity contribution in [2.24, 2.45) is 0 Å². The van der Waals surface area contributed by atoms with E-state index in [9.17, 15) is 4.79 Å². The predicted molar refractivity (Wildman–Crippen MR) is 83.3 cm³/mol. The van der Waals surface area contributed by atoms with Crippen molar-refractivity contribution in [3.8, 4) is 0 Å². The lowest BCUT2D eigenvalue weighted by Crippen LogP contribution is -2.57. The first kappa shape index (κ1) is 14.5. The Balaban J connectivity index is 1.63. The van der Waals surface area contributed by atoms with Crippen LogP contribution in [0.4, 0.5) is 0 Å². The van der Waals surface area contributed by atoms with E-state index in [0.29, 0.717) is 5.69 Å². The summed E-state index contributed by atoms with van der Waals surface area (Å²) in [6, 6.07) is 5.87. The van der Waals surface area contributed by atoms with Gasteiger partial charge in [-0.1, -0.05) is 25.3 Å². The lowest BCUT2D eigenvalue weighted by Gasteiger charge is -2.44. The maximum atomic E-state index is 12.3. The van der Waals surface area contributed by atoms with Crippen molar-refractivity contribution in [2.45, 2.75) is 63.5 Å². The molecule has 3 rings (SSSR count). The summed E-state index contributed by atoms with van der Waals surface area (Å²) in [6.07, 6.45) is 8.56. The first-order chi connectivity index (χ1) is 10.2. The van der Waals surface area contributed by atoms with E-state index in [2.05, 4.69) is 15.6 Å². The van der Waals surface area contributed by atoms with Crippen molar-refractivity contribution in [3.63, 3.8) is 0 Å². The van der Waals surface area contributed by atoms with Gasteiger partial charge in [0, 0.05) is 17.3 Å². The fraction of sp³-hybridized carbons (Fsp3) is 0.647. The van der Waals surface area contributed by atoms with Crippen LogP contribution in [0.15, 0.2) is 18.2 Å². The summed E-state index contributed by atoms with van der Waals surface area (Å²) in [7, 11) is 0. The molecule has 4 nitrogen and oxygen atoms in total. The van der Waals surface area contributed by atoms with Crippen LogP contribution in [0.3, 0.4) is 0 Å². The van der Waals surface area contributed by atoms with E-state index in [0.717, 1.165) is 25.1 Å². The van der Waals surface area contributed by atoms with Crippen LogP contribution in [0.5, 0.6) is 0 Å². The third-order valence-corrected chi connectivity index (χ3v) is 4.90. The molecule has 1 aliphatic carbocycles. The predicted octanol–water partition coefficient (Wildman–Crippen LogP) is 2.57. The molecule has 1 spiro atoms. The Morgan fingerprint density at radius 1 is 1.33 bits per heavy atom.